The van der Waals surface area contributed by atoms with Crippen molar-refractivity contribution in [2.24, 2.45) is 0 Å². The Hall–Kier alpha value is -1.36. The molecule has 5 heteroatoms. The van der Waals surface area contributed by atoms with Crippen LogP contribution in [0.4, 0.5) is 0 Å². The number of hydrogen-bond donors (Lipinski definition) is 3. The van der Waals surface area contributed by atoms with Crippen LogP contribution in [0.2, 0.25) is 0 Å². The number of nitrogens with one attached hydrogen (secondary N) is 2. The maximum absolute atomic E-state index is 10.6. The molecule has 1 heterocycles. The number of carboxylic acids is 1. The number of imidazole rings is 1. The number of H-pyrrole nitrogens is 1. The van der Waals surface area contributed by atoms with Crippen molar-refractivity contribution in [2.75, 3.05) is 0 Å². The number of aromatic amines is 1. The summed E-state index contributed by atoms with van der Waals surface area (Å²) in [5.41, 5.74) is 0.151. The zero-order chi connectivity index (χ0) is 10.7. The SMILES string of the molecule is O=C(O)c1cnc(CNC2CCCC2)[nH]1. The van der Waals surface area contributed by atoms with E-state index in [9.17, 15) is 4.79 Å². The van der Waals surface area contributed by atoms with Gasteiger partial charge < -0.3 is 15.4 Å². The van der Waals surface area contributed by atoms with Crippen molar-refractivity contribution in [3.63, 3.8) is 0 Å². The fraction of sp³-hybridized carbons (Fsp3) is 0.600. The summed E-state index contributed by atoms with van der Waals surface area (Å²) >= 11 is 0. The molecular formula is C10H15N3O2. The molecule has 1 aliphatic carbocycles. The van der Waals surface area contributed by atoms with Gasteiger partial charge in [-0.3, -0.25) is 0 Å². The van der Waals surface area contributed by atoms with Crippen LogP contribution in [0.25, 0.3) is 0 Å². The molecule has 1 saturated carbocycles. The van der Waals surface area contributed by atoms with Crippen LogP contribution in [0.15, 0.2) is 6.20 Å². The van der Waals surface area contributed by atoms with Crippen molar-refractivity contribution in [3.05, 3.63) is 17.7 Å². The molecule has 15 heavy (non-hydrogen) atoms. The van der Waals surface area contributed by atoms with Crippen molar-refractivity contribution >= 4 is 5.97 Å². The van der Waals surface area contributed by atoms with Crippen LogP contribution in [0.5, 0.6) is 0 Å². The van der Waals surface area contributed by atoms with Crippen LogP contribution in [-0.2, 0) is 6.54 Å². The molecule has 1 aromatic rings. The highest BCUT2D eigenvalue weighted by molar-refractivity contribution is 5.84. The van der Waals surface area contributed by atoms with Crippen LogP contribution < -0.4 is 5.32 Å². The molecule has 0 spiro atoms. The number of rotatable bonds is 4. The molecule has 0 aromatic carbocycles. The van der Waals surface area contributed by atoms with Gasteiger partial charge in [-0.05, 0) is 12.8 Å². The Kier molecular flexibility index (Phi) is 3.01. The maximum atomic E-state index is 10.6. The van der Waals surface area contributed by atoms with Gasteiger partial charge in [-0.25, -0.2) is 9.78 Å². The summed E-state index contributed by atoms with van der Waals surface area (Å²) in [5, 5.41) is 12.0. The van der Waals surface area contributed by atoms with Gasteiger partial charge in [0.2, 0.25) is 0 Å². The molecule has 0 aliphatic heterocycles. The van der Waals surface area contributed by atoms with Crippen molar-refractivity contribution in [1.82, 2.24) is 15.3 Å². The summed E-state index contributed by atoms with van der Waals surface area (Å²) in [6.45, 7) is 0.623. The fourth-order valence-electron chi connectivity index (χ4n) is 1.93. The van der Waals surface area contributed by atoms with Gasteiger partial charge in [0.1, 0.15) is 11.5 Å². The van der Waals surface area contributed by atoms with E-state index in [0.717, 1.165) is 0 Å². The molecule has 0 unspecified atom stereocenters. The molecule has 0 atom stereocenters. The average molecular weight is 209 g/mol. The van der Waals surface area contributed by atoms with Gasteiger partial charge in [0.15, 0.2) is 0 Å². The third-order valence-electron chi connectivity index (χ3n) is 2.77. The van der Waals surface area contributed by atoms with E-state index in [1.54, 1.807) is 0 Å². The predicted octanol–water partition coefficient (Wildman–Crippen LogP) is 1.14. The van der Waals surface area contributed by atoms with Gasteiger partial charge in [-0.15, -0.1) is 0 Å². The Morgan fingerprint density at radius 2 is 2.33 bits per heavy atom. The van der Waals surface area contributed by atoms with E-state index in [0.29, 0.717) is 18.4 Å². The third-order valence-corrected chi connectivity index (χ3v) is 2.77. The lowest BCUT2D eigenvalue weighted by Gasteiger charge is -2.09. The van der Waals surface area contributed by atoms with E-state index in [4.69, 9.17) is 5.11 Å². The first-order valence-electron chi connectivity index (χ1n) is 5.26. The molecule has 0 saturated heterocycles. The van der Waals surface area contributed by atoms with Crippen molar-refractivity contribution in [3.8, 4) is 0 Å². The standard InChI is InChI=1S/C10H15N3O2/c14-10(15)8-5-12-9(13-8)6-11-7-3-1-2-4-7/h5,7,11H,1-4,6H2,(H,12,13)(H,14,15). The van der Waals surface area contributed by atoms with Crippen LogP contribution in [0.3, 0.4) is 0 Å². The third kappa shape index (κ3) is 2.56. The van der Waals surface area contributed by atoms with E-state index >= 15 is 0 Å². The van der Waals surface area contributed by atoms with Crippen molar-refractivity contribution < 1.29 is 9.90 Å². The lowest BCUT2D eigenvalue weighted by molar-refractivity contribution is 0.0691. The molecule has 82 valence electrons. The number of aromatic nitrogens is 2. The van der Waals surface area contributed by atoms with Crippen LogP contribution in [0, 0.1) is 0 Å². The number of nitrogens with zero attached hydrogens (tertiary/aromatic N) is 1. The second-order valence-electron chi connectivity index (χ2n) is 3.91. The van der Waals surface area contributed by atoms with Gasteiger partial charge in [0.05, 0.1) is 12.7 Å². The molecule has 5 nitrogen and oxygen atoms in total. The van der Waals surface area contributed by atoms with Gasteiger partial charge in [-0.2, -0.15) is 0 Å². The highest BCUT2D eigenvalue weighted by atomic mass is 16.4. The monoisotopic (exact) mass is 209 g/mol. The average Bonchev–Trinajstić information content (AvgIpc) is 2.86. The normalized spacial score (nSPS) is 17.1. The summed E-state index contributed by atoms with van der Waals surface area (Å²) in [6.07, 6.45) is 6.36. The molecule has 1 aromatic heterocycles. The second-order valence-corrected chi connectivity index (χ2v) is 3.91. The summed E-state index contributed by atoms with van der Waals surface area (Å²) in [4.78, 5) is 17.3. The summed E-state index contributed by atoms with van der Waals surface area (Å²) in [7, 11) is 0. The zero-order valence-corrected chi connectivity index (χ0v) is 8.49. The van der Waals surface area contributed by atoms with Crippen molar-refractivity contribution in [1.29, 1.82) is 0 Å². The Balaban J connectivity index is 1.84. The molecule has 0 amide bonds. The second kappa shape index (κ2) is 4.44. The van der Waals surface area contributed by atoms with Crippen LogP contribution in [-0.4, -0.2) is 27.1 Å². The topological polar surface area (TPSA) is 78.0 Å². The Morgan fingerprint density at radius 3 is 2.93 bits per heavy atom. The Labute approximate surface area is 87.9 Å². The van der Waals surface area contributed by atoms with E-state index in [2.05, 4.69) is 15.3 Å². The number of hydrogen-bond acceptors (Lipinski definition) is 3. The van der Waals surface area contributed by atoms with Crippen LogP contribution in [0.1, 0.15) is 42.0 Å². The first-order valence-corrected chi connectivity index (χ1v) is 5.26. The van der Waals surface area contributed by atoms with Crippen LogP contribution >= 0.6 is 0 Å². The number of carbonyl (C=O) groups is 1. The quantitative estimate of drug-likeness (QED) is 0.694. The minimum Gasteiger partial charge on any atom is -0.477 e. The summed E-state index contributed by atoms with van der Waals surface area (Å²) in [5.74, 6) is -0.270. The minimum absolute atomic E-state index is 0.151. The molecular weight excluding hydrogens is 194 g/mol. The molecule has 3 N–H and O–H groups in total. The van der Waals surface area contributed by atoms with Crippen molar-refractivity contribution in [2.45, 2.75) is 38.3 Å². The zero-order valence-electron chi connectivity index (χ0n) is 8.49. The number of carboxylic acid groups (broad SMARTS) is 1. The van der Waals surface area contributed by atoms with E-state index in [1.165, 1.54) is 31.9 Å². The highest BCUT2D eigenvalue weighted by Crippen LogP contribution is 2.17. The summed E-state index contributed by atoms with van der Waals surface area (Å²) in [6, 6.07) is 0.573. The first kappa shape index (κ1) is 10.2. The number of aromatic carboxylic acids is 1. The Morgan fingerprint density at radius 1 is 1.60 bits per heavy atom. The van der Waals surface area contributed by atoms with Gasteiger partial charge >= 0.3 is 5.97 Å². The first-order chi connectivity index (χ1) is 7.25. The minimum atomic E-state index is -0.963. The van der Waals surface area contributed by atoms with E-state index in [-0.39, 0.29) is 5.69 Å². The molecule has 2 rings (SSSR count). The van der Waals surface area contributed by atoms with E-state index < -0.39 is 5.97 Å². The van der Waals surface area contributed by atoms with Gasteiger partial charge in [0.25, 0.3) is 0 Å². The molecule has 1 aliphatic rings. The van der Waals surface area contributed by atoms with Gasteiger partial charge in [0, 0.05) is 6.04 Å². The highest BCUT2D eigenvalue weighted by Gasteiger charge is 2.14. The summed E-state index contributed by atoms with van der Waals surface area (Å²) < 4.78 is 0. The fourth-order valence-corrected chi connectivity index (χ4v) is 1.93. The largest absolute Gasteiger partial charge is 0.477 e. The molecule has 0 bridgehead atoms. The lowest BCUT2D eigenvalue weighted by Crippen LogP contribution is -2.25. The lowest BCUT2D eigenvalue weighted by atomic mass is 10.2. The maximum Gasteiger partial charge on any atom is 0.353 e. The smallest absolute Gasteiger partial charge is 0.353 e. The Bertz CT molecular complexity index is 342. The van der Waals surface area contributed by atoms with E-state index in [1.807, 2.05) is 0 Å². The molecule has 0 radical (unpaired) electrons. The molecule has 1 fully saturated rings. The van der Waals surface area contributed by atoms with Gasteiger partial charge in [-0.1, -0.05) is 12.8 Å². The predicted molar refractivity (Wildman–Crippen MR) is 54.6 cm³/mol.